The number of aromatic hydroxyl groups is 1. The highest BCUT2D eigenvalue weighted by atomic mass is 19.1. The average Bonchev–Trinajstić information content (AvgIpc) is 3.00. The van der Waals surface area contributed by atoms with Crippen molar-refractivity contribution in [2.45, 2.75) is 63.5 Å². The Morgan fingerprint density at radius 3 is 2.07 bits per heavy atom. The maximum atomic E-state index is 13.7. The second-order valence-corrected chi connectivity index (χ2v) is 8.10. The van der Waals surface area contributed by atoms with Crippen molar-refractivity contribution in [1.82, 2.24) is 20.3 Å². The number of nitrogens with zero attached hydrogens (tertiary/aromatic N) is 3. The molecule has 0 radical (unpaired) electrons. The van der Waals surface area contributed by atoms with E-state index in [4.69, 9.17) is 0 Å². The van der Waals surface area contributed by atoms with Gasteiger partial charge in [-0.25, -0.2) is 4.39 Å². The molecule has 5 N–H and O–H groups in total. The predicted octanol–water partition coefficient (Wildman–Crippen LogP) is 3.76. The first-order valence-corrected chi connectivity index (χ1v) is 10.9. The van der Waals surface area contributed by atoms with Crippen LogP contribution in [0.3, 0.4) is 0 Å². The molecule has 0 amide bonds. The molecule has 1 aromatic carbocycles. The molecule has 30 heavy (non-hydrogen) atoms. The zero-order chi connectivity index (χ0) is 20.8. The lowest BCUT2D eigenvalue weighted by Gasteiger charge is -2.24. The van der Waals surface area contributed by atoms with Crippen LogP contribution in [0.2, 0.25) is 0 Å². The van der Waals surface area contributed by atoms with Gasteiger partial charge in [0.15, 0.2) is 11.6 Å². The third-order valence-electron chi connectivity index (χ3n) is 5.70. The molecule has 0 spiro atoms. The Balaban J connectivity index is 1.54. The molecule has 1 saturated heterocycles. The second kappa shape index (κ2) is 9.88. The number of halogens is 1. The maximum absolute atomic E-state index is 13.7. The molecule has 9 heteroatoms. The molecule has 8 nitrogen and oxygen atoms in total. The topological polar surface area (TPSA) is 107 Å². The van der Waals surface area contributed by atoms with E-state index < -0.39 is 5.82 Å². The fraction of sp³-hybridized carbons (Fsp3) is 0.571. The summed E-state index contributed by atoms with van der Waals surface area (Å²) in [4.78, 5) is 13.6. The molecule has 2 heterocycles. The van der Waals surface area contributed by atoms with Crippen LogP contribution in [0.25, 0.3) is 0 Å². The highest BCUT2D eigenvalue weighted by Crippen LogP contribution is 2.24. The van der Waals surface area contributed by atoms with Gasteiger partial charge in [-0.3, -0.25) is 0 Å². The lowest BCUT2D eigenvalue weighted by Crippen LogP contribution is -2.36. The summed E-state index contributed by atoms with van der Waals surface area (Å²) >= 11 is 0. The summed E-state index contributed by atoms with van der Waals surface area (Å²) in [5, 5.41) is 22.7. The van der Waals surface area contributed by atoms with Crippen LogP contribution in [0, 0.1) is 5.82 Å². The van der Waals surface area contributed by atoms with Gasteiger partial charge < -0.3 is 26.4 Å². The minimum atomic E-state index is -0.695. The lowest BCUT2D eigenvalue weighted by atomic mass is 10.1. The van der Waals surface area contributed by atoms with Crippen molar-refractivity contribution in [2.75, 3.05) is 29.0 Å². The number of phenolic OH excluding ortho intramolecular Hbond substituents is 1. The third kappa shape index (κ3) is 5.69. The molecule has 0 atom stereocenters. The van der Waals surface area contributed by atoms with Gasteiger partial charge in [0.05, 0.1) is 0 Å². The summed E-state index contributed by atoms with van der Waals surface area (Å²) in [6, 6.07) is 4.76. The van der Waals surface area contributed by atoms with Crippen molar-refractivity contribution in [2.24, 2.45) is 0 Å². The molecule has 0 unspecified atom stereocenters. The Bertz CT molecular complexity index is 836. The van der Waals surface area contributed by atoms with E-state index in [9.17, 15) is 9.50 Å². The molecule has 2 aliphatic rings. The summed E-state index contributed by atoms with van der Waals surface area (Å²) in [6.45, 7) is 1.93. The molecule has 4 rings (SSSR count). The molecular formula is C21H30FN7O. The molecule has 162 valence electrons. The number of rotatable bonds is 6. The van der Waals surface area contributed by atoms with Crippen molar-refractivity contribution in [3.63, 3.8) is 0 Å². The van der Waals surface area contributed by atoms with Crippen LogP contribution in [-0.2, 0) is 0 Å². The minimum absolute atomic E-state index is 0.304. The first-order chi connectivity index (χ1) is 14.7. The van der Waals surface area contributed by atoms with E-state index in [0.717, 1.165) is 38.8 Å². The first kappa shape index (κ1) is 20.6. The summed E-state index contributed by atoms with van der Waals surface area (Å²) < 4.78 is 13.7. The molecule has 2 aromatic rings. The molecule has 1 saturated carbocycles. The molecule has 2 fully saturated rings. The summed E-state index contributed by atoms with van der Waals surface area (Å²) in [7, 11) is 0. The number of phenols is 1. The van der Waals surface area contributed by atoms with Crippen molar-refractivity contribution < 1.29 is 9.50 Å². The Hall–Kier alpha value is -2.68. The number of benzene rings is 1. The van der Waals surface area contributed by atoms with Crippen molar-refractivity contribution in [3.05, 3.63) is 24.0 Å². The molecular weight excluding hydrogens is 385 g/mol. The standard InChI is InChI=1S/C21H30FN7O/c22-17-13-16(7-8-18(17)30)26-21-28-19(24-14-5-3-1-2-4-6-14)27-20(29-21)25-15-9-11-23-12-10-15/h7-8,13-15,23,30H,1-6,9-12H2,(H3,24,25,26,27,28,29). The van der Waals surface area contributed by atoms with Crippen LogP contribution >= 0.6 is 0 Å². The van der Waals surface area contributed by atoms with Crippen molar-refractivity contribution in [3.8, 4) is 5.75 Å². The van der Waals surface area contributed by atoms with Crippen LogP contribution in [0.4, 0.5) is 27.9 Å². The SMILES string of the molecule is Oc1ccc(Nc2nc(NC3CCCCCC3)nc(NC3CCNCC3)n2)cc1F. The Morgan fingerprint density at radius 1 is 0.833 bits per heavy atom. The Labute approximate surface area is 176 Å². The number of nitrogens with one attached hydrogen (secondary N) is 4. The lowest BCUT2D eigenvalue weighted by molar-refractivity contribution is 0.432. The van der Waals surface area contributed by atoms with Crippen LogP contribution < -0.4 is 21.3 Å². The van der Waals surface area contributed by atoms with E-state index in [1.54, 1.807) is 6.07 Å². The summed E-state index contributed by atoms with van der Waals surface area (Å²) in [5.41, 5.74) is 0.463. The highest BCUT2D eigenvalue weighted by molar-refractivity contribution is 5.57. The fourth-order valence-corrected chi connectivity index (χ4v) is 4.03. The number of piperidine rings is 1. The number of anilines is 4. The van der Waals surface area contributed by atoms with Gasteiger partial charge in [0.25, 0.3) is 0 Å². The largest absolute Gasteiger partial charge is 0.505 e. The Morgan fingerprint density at radius 2 is 1.43 bits per heavy atom. The van der Waals surface area contributed by atoms with E-state index in [1.807, 2.05) is 0 Å². The summed E-state index contributed by atoms with van der Waals surface area (Å²) in [6.07, 6.45) is 9.19. The van der Waals surface area contributed by atoms with Crippen LogP contribution in [-0.4, -0.2) is 45.2 Å². The zero-order valence-electron chi connectivity index (χ0n) is 17.1. The van der Waals surface area contributed by atoms with Crippen LogP contribution in [0.5, 0.6) is 5.75 Å². The molecule has 1 aliphatic carbocycles. The van der Waals surface area contributed by atoms with E-state index in [2.05, 4.69) is 36.2 Å². The van der Waals surface area contributed by atoms with Gasteiger partial charge in [0.2, 0.25) is 17.8 Å². The minimum Gasteiger partial charge on any atom is -0.505 e. The second-order valence-electron chi connectivity index (χ2n) is 8.10. The van der Waals surface area contributed by atoms with Gasteiger partial charge in [-0.05, 0) is 50.9 Å². The number of hydrogen-bond acceptors (Lipinski definition) is 8. The highest BCUT2D eigenvalue weighted by Gasteiger charge is 2.18. The number of aromatic nitrogens is 3. The van der Waals surface area contributed by atoms with Gasteiger partial charge >= 0.3 is 0 Å². The van der Waals surface area contributed by atoms with Crippen molar-refractivity contribution in [1.29, 1.82) is 0 Å². The van der Waals surface area contributed by atoms with Gasteiger partial charge in [0, 0.05) is 23.8 Å². The first-order valence-electron chi connectivity index (χ1n) is 10.9. The zero-order valence-corrected chi connectivity index (χ0v) is 17.1. The molecule has 1 aromatic heterocycles. The maximum Gasteiger partial charge on any atom is 0.233 e. The van der Waals surface area contributed by atoms with Crippen molar-refractivity contribution >= 4 is 23.5 Å². The monoisotopic (exact) mass is 415 g/mol. The van der Waals surface area contributed by atoms with Gasteiger partial charge in [-0.15, -0.1) is 0 Å². The predicted molar refractivity (Wildman–Crippen MR) is 116 cm³/mol. The third-order valence-corrected chi connectivity index (χ3v) is 5.70. The molecule has 0 bridgehead atoms. The van der Waals surface area contributed by atoms with Gasteiger partial charge in [0.1, 0.15) is 0 Å². The average molecular weight is 416 g/mol. The van der Waals surface area contributed by atoms with E-state index in [-0.39, 0.29) is 5.75 Å². The quantitative estimate of drug-likeness (QED) is 0.359. The van der Waals surface area contributed by atoms with Gasteiger partial charge in [-0.2, -0.15) is 15.0 Å². The van der Waals surface area contributed by atoms with E-state index in [0.29, 0.717) is 35.6 Å². The van der Waals surface area contributed by atoms with Crippen LogP contribution in [0.1, 0.15) is 51.4 Å². The van der Waals surface area contributed by atoms with E-state index in [1.165, 1.54) is 37.8 Å². The number of hydrogen-bond donors (Lipinski definition) is 5. The summed E-state index contributed by atoms with van der Waals surface area (Å²) in [5.74, 6) is 0.284. The van der Waals surface area contributed by atoms with Crippen LogP contribution in [0.15, 0.2) is 18.2 Å². The van der Waals surface area contributed by atoms with E-state index >= 15 is 0 Å². The van der Waals surface area contributed by atoms with Gasteiger partial charge in [-0.1, -0.05) is 25.7 Å². The molecule has 1 aliphatic heterocycles. The smallest absolute Gasteiger partial charge is 0.233 e. The normalized spacial score (nSPS) is 18.6. The fourth-order valence-electron chi connectivity index (χ4n) is 4.03. The Kier molecular flexibility index (Phi) is 6.78.